The Kier molecular flexibility index (Phi) is 4.63. The third-order valence-corrected chi connectivity index (χ3v) is 3.19. The standard InChI is InChI=1S/C12H16BrN3/c1-3-16(6-4-5-14)12-7-9(2)11(15)8-10(12)13/h7-8H,3-4,6,15H2,1-2H3. The van der Waals surface area contributed by atoms with Gasteiger partial charge in [0, 0.05) is 23.2 Å². The minimum atomic E-state index is 0.531. The van der Waals surface area contributed by atoms with Crippen molar-refractivity contribution in [1.82, 2.24) is 0 Å². The maximum absolute atomic E-state index is 8.62. The second kappa shape index (κ2) is 5.76. The molecule has 86 valence electrons. The molecule has 0 heterocycles. The summed E-state index contributed by atoms with van der Waals surface area (Å²) in [7, 11) is 0. The Labute approximate surface area is 105 Å². The van der Waals surface area contributed by atoms with Gasteiger partial charge in [-0.3, -0.25) is 0 Å². The number of benzene rings is 1. The smallest absolute Gasteiger partial charge is 0.0640 e. The van der Waals surface area contributed by atoms with E-state index in [0.29, 0.717) is 6.42 Å². The average molecular weight is 282 g/mol. The molecular formula is C12H16BrN3. The predicted octanol–water partition coefficient (Wildman–Crippen LogP) is 3.08. The SMILES string of the molecule is CCN(CCC#N)c1cc(C)c(N)cc1Br. The van der Waals surface area contributed by atoms with E-state index in [9.17, 15) is 0 Å². The van der Waals surface area contributed by atoms with Gasteiger partial charge in [0.2, 0.25) is 0 Å². The van der Waals surface area contributed by atoms with Crippen LogP contribution in [0.3, 0.4) is 0 Å². The van der Waals surface area contributed by atoms with Crippen LogP contribution in [0.4, 0.5) is 11.4 Å². The van der Waals surface area contributed by atoms with Gasteiger partial charge in [0.15, 0.2) is 0 Å². The fourth-order valence-electron chi connectivity index (χ4n) is 1.56. The van der Waals surface area contributed by atoms with Crippen LogP contribution >= 0.6 is 15.9 Å². The summed E-state index contributed by atoms with van der Waals surface area (Å²) in [4.78, 5) is 2.17. The molecule has 0 aliphatic carbocycles. The number of nitrogens with zero attached hydrogens (tertiary/aromatic N) is 2. The Hall–Kier alpha value is -1.21. The molecule has 1 aromatic rings. The van der Waals surface area contributed by atoms with Crippen LogP contribution in [0.5, 0.6) is 0 Å². The first kappa shape index (κ1) is 12.9. The molecule has 1 rings (SSSR count). The van der Waals surface area contributed by atoms with E-state index < -0.39 is 0 Å². The largest absolute Gasteiger partial charge is 0.398 e. The molecule has 0 amide bonds. The molecule has 0 saturated heterocycles. The fourth-order valence-corrected chi connectivity index (χ4v) is 2.17. The minimum Gasteiger partial charge on any atom is -0.398 e. The quantitative estimate of drug-likeness (QED) is 0.863. The number of hydrogen-bond acceptors (Lipinski definition) is 3. The average Bonchev–Trinajstić information content (AvgIpc) is 2.26. The first-order valence-electron chi connectivity index (χ1n) is 5.27. The summed E-state index contributed by atoms with van der Waals surface area (Å²) in [6.07, 6.45) is 0.531. The van der Waals surface area contributed by atoms with Gasteiger partial charge in [-0.25, -0.2) is 0 Å². The Bertz CT molecular complexity index is 409. The van der Waals surface area contributed by atoms with E-state index in [0.717, 1.165) is 34.5 Å². The van der Waals surface area contributed by atoms with E-state index >= 15 is 0 Å². The molecule has 0 fully saturated rings. The van der Waals surface area contributed by atoms with E-state index in [1.807, 2.05) is 13.0 Å². The summed E-state index contributed by atoms with van der Waals surface area (Å²) >= 11 is 3.51. The van der Waals surface area contributed by atoms with Crippen LogP contribution in [0, 0.1) is 18.3 Å². The van der Waals surface area contributed by atoms with Crippen molar-refractivity contribution < 1.29 is 0 Å². The summed E-state index contributed by atoms with van der Waals surface area (Å²) in [6.45, 7) is 5.69. The predicted molar refractivity (Wildman–Crippen MR) is 71.4 cm³/mol. The van der Waals surface area contributed by atoms with E-state index in [4.69, 9.17) is 11.0 Å². The Morgan fingerprint density at radius 1 is 1.50 bits per heavy atom. The normalized spacial score (nSPS) is 9.88. The second-order valence-corrected chi connectivity index (χ2v) is 4.50. The second-order valence-electron chi connectivity index (χ2n) is 3.65. The van der Waals surface area contributed by atoms with Crippen LogP contribution in [0.2, 0.25) is 0 Å². The van der Waals surface area contributed by atoms with Crippen molar-refractivity contribution in [3.8, 4) is 6.07 Å². The number of nitriles is 1. The fraction of sp³-hybridized carbons (Fsp3) is 0.417. The van der Waals surface area contributed by atoms with E-state index in [1.165, 1.54) is 0 Å². The molecule has 0 bridgehead atoms. The van der Waals surface area contributed by atoms with Crippen molar-refractivity contribution in [3.63, 3.8) is 0 Å². The van der Waals surface area contributed by atoms with Crippen LogP contribution in [0.15, 0.2) is 16.6 Å². The number of hydrogen-bond donors (Lipinski definition) is 1. The summed E-state index contributed by atoms with van der Waals surface area (Å²) in [6, 6.07) is 6.14. The maximum Gasteiger partial charge on any atom is 0.0640 e. The van der Waals surface area contributed by atoms with Crippen molar-refractivity contribution in [1.29, 1.82) is 5.26 Å². The van der Waals surface area contributed by atoms with Crippen molar-refractivity contribution in [2.24, 2.45) is 0 Å². The highest BCUT2D eigenvalue weighted by Crippen LogP contribution is 2.30. The third kappa shape index (κ3) is 2.89. The van der Waals surface area contributed by atoms with Crippen molar-refractivity contribution in [2.75, 3.05) is 23.7 Å². The molecule has 16 heavy (non-hydrogen) atoms. The van der Waals surface area contributed by atoms with Gasteiger partial charge in [-0.1, -0.05) is 0 Å². The molecule has 0 aliphatic heterocycles. The molecule has 0 saturated carbocycles. The van der Waals surface area contributed by atoms with Crippen LogP contribution in [-0.2, 0) is 0 Å². The highest BCUT2D eigenvalue weighted by molar-refractivity contribution is 9.10. The Morgan fingerprint density at radius 3 is 2.75 bits per heavy atom. The number of nitrogen functional groups attached to an aromatic ring is 1. The number of anilines is 2. The van der Waals surface area contributed by atoms with Gasteiger partial charge in [-0.15, -0.1) is 0 Å². The van der Waals surface area contributed by atoms with Crippen molar-refractivity contribution >= 4 is 27.3 Å². The lowest BCUT2D eigenvalue weighted by atomic mass is 10.1. The lowest BCUT2D eigenvalue weighted by Crippen LogP contribution is -2.24. The van der Waals surface area contributed by atoms with E-state index in [2.05, 4.69) is 39.9 Å². The molecule has 0 spiro atoms. The third-order valence-electron chi connectivity index (χ3n) is 2.55. The van der Waals surface area contributed by atoms with Crippen molar-refractivity contribution in [2.45, 2.75) is 20.3 Å². The highest BCUT2D eigenvalue weighted by Gasteiger charge is 2.09. The van der Waals surface area contributed by atoms with Crippen LogP contribution < -0.4 is 10.6 Å². The molecule has 2 N–H and O–H groups in total. The summed E-state index contributed by atoms with van der Waals surface area (Å²) in [5.41, 5.74) is 8.78. The molecular weight excluding hydrogens is 266 g/mol. The molecule has 4 heteroatoms. The minimum absolute atomic E-state index is 0.531. The highest BCUT2D eigenvalue weighted by atomic mass is 79.9. The molecule has 0 unspecified atom stereocenters. The molecule has 0 aliphatic rings. The summed E-state index contributed by atoms with van der Waals surface area (Å²) < 4.78 is 0.982. The number of halogens is 1. The Morgan fingerprint density at radius 2 is 2.19 bits per heavy atom. The molecule has 3 nitrogen and oxygen atoms in total. The zero-order chi connectivity index (χ0) is 12.1. The van der Waals surface area contributed by atoms with Gasteiger partial charge in [0.05, 0.1) is 18.2 Å². The van der Waals surface area contributed by atoms with E-state index in [-0.39, 0.29) is 0 Å². The van der Waals surface area contributed by atoms with Gasteiger partial charge < -0.3 is 10.6 Å². The number of aryl methyl sites for hydroxylation is 1. The first-order valence-corrected chi connectivity index (χ1v) is 6.07. The maximum atomic E-state index is 8.62. The molecule has 0 atom stereocenters. The lowest BCUT2D eigenvalue weighted by molar-refractivity contribution is 0.824. The zero-order valence-corrected chi connectivity index (χ0v) is 11.2. The van der Waals surface area contributed by atoms with E-state index in [1.54, 1.807) is 0 Å². The van der Waals surface area contributed by atoms with Gasteiger partial charge in [0.1, 0.15) is 0 Å². The molecule has 1 aromatic carbocycles. The summed E-state index contributed by atoms with van der Waals surface area (Å²) in [5, 5.41) is 8.62. The molecule has 0 aromatic heterocycles. The van der Waals surface area contributed by atoms with Crippen LogP contribution in [-0.4, -0.2) is 13.1 Å². The van der Waals surface area contributed by atoms with Gasteiger partial charge >= 0.3 is 0 Å². The monoisotopic (exact) mass is 281 g/mol. The van der Waals surface area contributed by atoms with Crippen LogP contribution in [0.25, 0.3) is 0 Å². The topological polar surface area (TPSA) is 53.0 Å². The number of nitrogens with two attached hydrogens (primary N) is 1. The van der Waals surface area contributed by atoms with Gasteiger partial charge in [0.25, 0.3) is 0 Å². The van der Waals surface area contributed by atoms with Crippen LogP contribution in [0.1, 0.15) is 18.9 Å². The Balaban J connectivity index is 3.01. The molecule has 0 radical (unpaired) electrons. The summed E-state index contributed by atoms with van der Waals surface area (Å²) in [5.74, 6) is 0. The first-order chi connectivity index (χ1) is 7.60. The lowest BCUT2D eigenvalue weighted by Gasteiger charge is -2.24. The van der Waals surface area contributed by atoms with Gasteiger partial charge in [-0.2, -0.15) is 5.26 Å². The van der Waals surface area contributed by atoms with Gasteiger partial charge in [-0.05, 0) is 47.5 Å². The number of rotatable bonds is 4. The van der Waals surface area contributed by atoms with Crippen molar-refractivity contribution in [3.05, 3.63) is 22.2 Å². The zero-order valence-electron chi connectivity index (χ0n) is 9.63.